The van der Waals surface area contributed by atoms with Crippen LogP contribution in [0.5, 0.6) is 0 Å². The van der Waals surface area contributed by atoms with E-state index in [1.54, 1.807) is 7.05 Å². The molecule has 1 fully saturated rings. The molecule has 0 heterocycles. The summed E-state index contributed by atoms with van der Waals surface area (Å²) >= 11 is 5.88. The van der Waals surface area contributed by atoms with Gasteiger partial charge in [-0.1, -0.05) is 36.6 Å². The van der Waals surface area contributed by atoms with Crippen LogP contribution in [0.2, 0.25) is 5.02 Å². The summed E-state index contributed by atoms with van der Waals surface area (Å²) in [5.74, 6) is 0.816. The van der Waals surface area contributed by atoms with Crippen molar-refractivity contribution in [2.45, 2.75) is 44.8 Å². The van der Waals surface area contributed by atoms with Crippen LogP contribution in [0.25, 0.3) is 0 Å². The molecule has 130 valence electrons. The normalized spacial score (nSPS) is 15.3. The van der Waals surface area contributed by atoms with E-state index < -0.39 is 0 Å². The van der Waals surface area contributed by atoms with Crippen molar-refractivity contribution in [3.05, 3.63) is 34.9 Å². The first-order valence-electron chi connectivity index (χ1n) is 8.08. The van der Waals surface area contributed by atoms with E-state index >= 15 is 0 Å². The first-order chi connectivity index (χ1) is 10.8. The van der Waals surface area contributed by atoms with Crippen LogP contribution >= 0.6 is 35.6 Å². The van der Waals surface area contributed by atoms with Crippen molar-refractivity contribution in [2.24, 2.45) is 4.99 Å². The standard InChI is InChI=1S/C17H26ClN3O.HI/c1-19-17(21-13-14-7-9-15(18)10-8-14)20-11-4-12-22-16-5-2-3-6-16;/h7-10,16H,2-6,11-13H2,1H3,(H2,19,20,21);1H. The average molecular weight is 452 g/mol. The number of aliphatic imine (C=N–C) groups is 1. The van der Waals surface area contributed by atoms with Gasteiger partial charge in [-0.05, 0) is 37.0 Å². The summed E-state index contributed by atoms with van der Waals surface area (Å²) in [7, 11) is 1.78. The Kier molecular flexibility index (Phi) is 10.6. The predicted molar refractivity (Wildman–Crippen MR) is 108 cm³/mol. The fraction of sp³-hybridized carbons (Fsp3) is 0.588. The third-order valence-corrected chi connectivity index (χ3v) is 4.12. The lowest BCUT2D eigenvalue weighted by Crippen LogP contribution is -2.37. The number of ether oxygens (including phenoxy) is 1. The molecule has 1 aromatic rings. The van der Waals surface area contributed by atoms with Crippen molar-refractivity contribution in [3.63, 3.8) is 0 Å². The van der Waals surface area contributed by atoms with Gasteiger partial charge in [-0.2, -0.15) is 0 Å². The Bertz CT molecular complexity index is 461. The smallest absolute Gasteiger partial charge is 0.191 e. The first kappa shape index (κ1) is 20.5. The Morgan fingerprint density at radius 2 is 1.91 bits per heavy atom. The van der Waals surface area contributed by atoms with Crippen LogP contribution in [0.4, 0.5) is 0 Å². The quantitative estimate of drug-likeness (QED) is 0.285. The van der Waals surface area contributed by atoms with E-state index in [-0.39, 0.29) is 24.0 Å². The molecule has 0 bridgehead atoms. The Balaban J connectivity index is 0.00000264. The molecular weight excluding hydrogens is 425 g/mol. The lowest BCUT2D eigenvalue weighted by molar-refractivity contribution is 0.0574. The molecule has 1 aliphatic rings. The third-order valence-electron chi connectivity index (χ3n) is 3.87. The Labute approximate surface area is 161 Å². The summed E-state index contributed by atoms with van der Waals surface area (Å²) in [6, 6.07) is 7.82. The Hall–Kier alpha value is -0.530. The molecule has 6 heteroatoms. The lowest BCUT2D eigenvalue weighted by atomic mass is 10.2. The van der Waals surface area contributed by atoms with Crippen LogP contribution in [-0.4, -0.2) is 32.3 Å². The summed E-state index contributed by atoms with van der Waals surface area (Å²) < 4.78 is 5.85. The number of benzene rings is 1. The molecule has 0 radical (unpaired) electrons. The van der Waals surface area contributed by atoms with E-state index in [1.165, 1.54) is 31.2 Å². The lowest BCUT2D eigenvalue weighted by Gasteiger charge is -2.13. The summed E-state index contributed by atoms with van der Waals surface area (Å²) in [5, 5.41) is 7.36. The first-order valence-corrected chi connectivity index (χ1v) is 8.46. The maximum absolute atomic E-state index is 5.88. The summed E-state index contributed by atoms with van der Waals surface area (Å²) in [6.45, 7) is 2.42. The zero-order chi connectivity index (χ0) is 15.6. The van der Waals surface area contributed by atoms with Gasteiger partial charge in [0.1, 0.15) is 0 Å². The third kappa shape index (κ3) is 8.22. The molecule has 0 aromatic heterocycles. The van der Waals surface area contributed by atoms with Gasteiger partial charge in [0.2, 0.25) is 0 Å². The molecule has 1 aliphatic carbocycles. The SMILES string of the molecule is CN=C(NCCCOC1CCCC1)NCc1ccc(Cl)cc1.I. The molecule has 1 aromatic carbocycles. The minimum atomic E-state index is 0. The fourth-order valence-electron chi connectivity index (χ4n) is 2.59. The molecule has 0 spiro atoms. The van der Waals surface area contributed by atoms with Crippen molar-refractivity contribution < 1.29 is 4.74 Å². The molecule has 2 rings (SSSR count). The number of hydrogen-bond acceptors (Lipinski definition) is 2. The highest BCUT2D eigenvalue weighted by Crippen LogP contribution is 2.20. The molecular formula is C17H27ClIN3O. The van der Waals surface area contributed by atoms with Gasteiger partial charge in [0.05, 0.1) is 6.10 Å². The second-order valence-electron chi connectivity index (χ2n) is 5.61. The average Bonchev–Trinajstić information content (AvgIpc) is 3.05. The van der Waals surface area contributed by atoms with Crippen molar-refractivity contribution in [1.29, 1.82) is 0 Å². The van der Waals surface area contributed by atoms with Gasteiger partial charge in [0, 0.05) is 31.8 Å². The highest BCUT2D eigenvalue weighted by molar-refractivity contribution is 14.0. The van der Waals surface area contributed by atoms with Gasteiger partial charge in [-0.3, -0.25) is 4.99 Å². The molecule has 23 heavy (non-hydrogen) atoms. The van der Waals surface area contributed by atoms with Crippen LogP contribution in [0.1, 0.15) is 37.7 Å². The highest BCUT2D eigenvalue weighted by Gasteiger charge is 2.14. The van der Waals surface area contributed by atoms with E-state index in [9.17, 15) is 0 Å². The summed E-state index contributed by atoms with van der Waals surface area (Å²) in [6.07, 6.45) is 6.62. The molecule has 0 amide bonds. The van der Waals surface area contributed by atoms with Crippen molar-refractivity contribution in [3.8, 4) is 0 Å². The van der Waals surface area contributed by atoms with Gasteiger partial charge < -0.3 is 15.4 Å². The number of nitrogens with one attached hydrogen (secondary N) is 2. The van der Waals surface area contributed by atoms with Gasteiger partial charge in [-0.15, -0.1) is 24.0 Å². The minimum Gasteiger partial charge on any atom is -0.378 e. The van der Waals surface area contributed by atoms with E-state index in [2.05, 4.69) is 15.6 Å². The van der Waals surface area contributed by atoms with Crippen LogP contribution in [0.15, 0.2) is 29.3 Å². The van der Waals surface area contributed by atoms with E-state index in [1.807, 2.05) is 24.3 Å². The topological polar surface area (TPSA) is 45.7 Å². The number of halogens is 2. The summed E-state index contributed by atoms with van der Waals surface area (Å²) in [5.41, 5.74) is 1.18. The number of hydrogen-bond donors (Lipinski definition) is 2. The number of nitrogens with zero attached hydrogens (tertiary/aromatic N) is 1. The molecule has 1 saturated carbocycles. The summed E-state index contributed by atoms with van der Waals surface area (Å²) in [4.78, 5) is 4.22. The van der Waals surface area contributed by atoms with Crippen LogP contribution < -0.4 is 10.6 Å². The minimum absolute atomic E-state index is 0. The molecule has 0 atom stereocenters. The van der Waals surface area contributed by atoms with Crippen molar-refractivity contribution >= 4 is 41.5 Å². The van der Waals surface area contributed by atoms with Crippen LogP contribution in [0.3, 0.4) is 0 Å². The molecule has 4 nitrogen and oxygen atoms in total. The zero-order valence-electron chi connectivity index (χ0n) is 13.7. The molecule has 0 unspecified atom stereocenters. The predicted octanol–water partition coefficient (Wildman–Crippen LogP) is 3.97. The molecule has 0 saturated heterocycles. The Morgan fingerprint density at radius 3 is 2.57 bits per heavy atom. The second-order valence-corrected chi connectivity index (χ2v) is 6.05. The van der Waals surface area contributed by atoms with Gasteiger partial charge >= 0.3 is 0 Å². The molecule has 2 N–H and O–H groups in total. The fourth-order valence-corrected chi connectivity index (χ4v) is 2.72. The van der Waals surface area contributed by atoms with Crippen LogP contribution in [-0.2, 0) is 11.3 Å². The maximum Gasteiger partial charge on any atom is 0.191 e. The van der Waals surface area contributed by atoms with E-state index in [0.29, 0.717) is 6.10 Å². The second kappa shape index (κ2) is 11.9. The largest absolute Gasteiger partial charge is 0.378 e. The van der Waals surface area contributed by atoms with Gasteiger partial charge in [0.25, 0.3) is 0 Å². The monoisotopic (exact) mass is 451 g/mol. The maximum atomic E-state index is 5.88. The van der Waals surface area contributed by atoms with Crippen LogP contribution in [0, 0.1) is 0 Å². The number of guanidine groups is 1. The molecule has 0 aliphatic heterocycles. The van der Waals surface area contributed by atoms with Crippen molar-refractivity contribution in [2.75, 3.05) is 20.2 Å². The zero-order valence-corrected chi connectivity index (χ0v) is 16.8. The van der Waals surface area contributed by atoms with E-state index in [4.69, 9.17) is 16.3 Å². The van der Waals surface area contributed by atoms with Gasteiger partial charge in [-0.25, -0.2) is 0 Å². The van der Waals surface area contributed by atoms with Gasteiger partial charge in [0.15, 0.2) is 5.96 Å². The van der Waals surface area contributed by atoms with Crippen molar-refractivity contribution in [1.82, 2.24) is 10.6 Å². The van der Waals surface area contributed by atoms with E-state index in [0.717, 1.165) is 37.1 Å². The Morgan fingerprint density at radius 1 is 1.22 bits per heavy atom. The number of rotatable bonds is 7. The highest BCUT2D eigenvalue weighted by atomic mass is 127.